The number of aliphatic hydroxyl groups is 1. The molecule has 0 bridgehead atoms. The van der Waals surface area contributed by atoms with E-state index >= 15 is 0 Å². The third-order valence-corrected chi connectivity index (χ3v) is 3.99. The standard InChI is InChI=1S/C21H17NO2/c1-24-18-10-8-17(9-11-18)21(23)20-13-15(14-22)7-12-19(20)16-5-3-2-4-6-16/h2-13,21,23H,1H3. The monoisotopic (exact) mass is 315 g/mol. The Kier molecular flexibility index (Phi) is 4.60. The summed E-state index contributed by atoms with van der Waals surface area (Å²) in [5.41, 5.74) is 3.91. The van der Waals surface area contributed by atoms with Crippen molar-refractivity contribution in [3.8, 4) is 22.9 Å². The van der Waals surface area contributed by atoms with Gasteiger partial charge in [-0.1, -0.05) is 48.5 Å². The lowest BCUT2D eigenvalue weighted by Crippen LogP contribution is -2.03. The van der Waals surface area contributed by atoms with Gasteiger partial charge in [-0.15, -0.1) is 0 Å². The lowest BCUT2D eigenvalue weighted by atomic mass is 9.91. The van der Waals surface area contributed by atoms with Gasteiger partial charge < -0.3 is 9.84 Å². The van der Waals surface area contributed by atoms with Gasteiger partial charge in [0.15, 0.2) is 0 Å². The molecule has 3 rings (SSSR count). The average molecular weight is 315 g/mol. The van der Waals surface area contributed by atoms with Gasteiger partial charge in [-0.25, -0.2) is 0 Å². The van der Waals surface area contributed by atoms with E-state index < -0.39 is 6.10 Å². The molecule has 118 valence electrons. The summed E-state index contributed by atoms with van der Waals surface area (Å²) in [7, 11) is 1.61. The van der Waals surface area contributed by atoms with Gasteiger partial charge >= 0.3 is 0 Å². The first-order valence-electron chi connectivity index (χ1n) is 7.64. The fourth-order valence-corrected chi connectivity index (χ4v) is 2.70. The van der Waals surface area contributed by atoms with Crippen LogP contribution in [0.25, 0.3) is 11.1 Å². The van der Waals surface area contributed by atoms with Crippen LogP contribution in [-0.2, 0) is 0 Å². The molecule has 3 aromatic carbocycles. The van der Waals surface area contributed by atoms with E-state index in [9.17, 15) is 10.4 Å². The van der Waals surface area contributed by atoms with Crippen LogP contribution < -0.4 is 4.74 Å². The van der Waals surface area contributed by atoms with Gasteiger partial charge in [-0.05, 0) is 46.5 Å². The minimum atomic E-state index is -0.820. The second kappa shape index (κ2) is 6.99. The smallest absolute Gasteiger partial charge is 0.118 e. The Labute approximate surface area is 141 Å². The van der Waals surface area contributed by atoms with Crippen molar-refractivity contribution in [3.63, 3.8) is 0 Å². The highest BCUT2D eigenvalue weighted by Gasteiger charge is 2.16. The summed E-state index contributed by atoms with van der Waals surface area (Å²) in [4.78, 5) is 0. The van der Waals surface area contributed by atoms with Gasteiger partial charge in [-0.2, -0.15) is 5.26 Å². The van der Waals surface area contributed by atoms with Gasteiger partial charge in [0, 0.05) is 0 Å². The van der Waals surface area contributed by atoms with Crippen molar-refractivity contribution in [2.75, 3.05) is 7.11 Å². The molecule has 0 saturated heterocycles. The zero-order valence-electron chi connectivity index (χ0n) is 13.3. The molecule has 3 heteroatoms. The van der Waals surface area contributed by atoms with E-state index in [0.29, 0.717) is 11.1 Å². The summed E-state index contributed by atoms with van der Waals surface area (Å²) in [6, 6.07) is 24.7. The fraction of sp³-hybridized carbons (Fsp3) is 0.0952. The summed E-state index contributed by atoms with van der Waals surface area (Å²) in [6.07, 6.45) is -0.820. The van der Waals surface area contributed by atoms with E-state index in [1.165, 1.54) is 0 Å². The summed E-state index contributed by atoms with van der Waals surface area (Å²) in [5.74, 6) is 0.736. The zero-order chi connectivity index (χ0) is 16.9. The molecule has 1 N–H and O–H groups in total. The van der Waals surface area contributed by atoms with Gasteiger partial charge in [-0.3, -0.25) is 0 Å². The first-order valence-corrected chi connectivity index (χ1v) is 7.64. The zero-order valence-corrected chi connectivity index (χ0v) is 13.3. The van der Waals surface area contributed by atoms with E-state index in [-0.39, 0.29) is 0 Å². The third-order valence-electron chi connectivity index (χ3n) is 3.99. The van der Waals surface area contributed by atoms with Crippen LogP contribution >= 0.6 is 0 Å². The van der Waals surface area contributed by atoms with Crippen LogP contribution in [0.4, 0.5) is 0 Å². The van der Waals surface area contributed by atoms with E-state index in [0.717, 1.165) is 22.4 Å². The first-order chi connectivity index (χ1) is 11.7. The molecule has 3 nitrogen and oxygen atoms in total. The highest BCUT2D eigenvalue weighted by Crippen LogP contribution is 2.33. The van der Waals surface area contributed by atoms with Crippen molar-refractivity contribution in [3.05, 3.63) is 89.5 Å². The van der Waals surface area contributed by atoms with Gasteiger partial charge in [0.25, 0.3) is 0 Å². The molecule has 3 aromatic rings. The number of benzene rings is 3. The van der Waals surface area contributed by atoms with Gasteiger partial charge in [0.2, 0.25) is 0 Å². The normalized spacial score (nSPS) is 11.5. The Morgan fingerprint density at radius 3 is 2.29 bits per heavy atom. The second-order valence-electron chi connectivity index (χ2n) is 5.46. The SMILES string of the molecule is COc1ccc(C(O)c2cc(C#N)ccc2-c2ccccc2)cc1. The molecule has 0 aliphatic heterocycles. The van der Waals surface area contributed by atoms with Gasteiger partial charge in [0.1, 0.15) is 11.9 Å². The average Bonchev–Trinajstić information content (AvgIpc) is 2.67. The largest absolute Gasteiger partial charge is 0.497 e. The topological polar surface area (TPSA) is 53.2 Å². The van der Waals surface area contributed by atoms with Crippen LogP contribution in [-0.4, -0.2) is 12.2 Å². The van der Waals surface area contributed by atoms with Crippen molar-refractivity contribution in [1.82, 2.24) is 0 Å². The molecular formula is C21H17NO2. The molecule has 0 spiro atoms. The maximum atomic E-state index is 10.9. The first kappa shape index (κ1) is 15.8. The molecule has 0 fully saturated rings. The maximum absolute atomic E-state index is 10.9. The Balaban J connectivity index is 2.09. The molecule has 1 atom stereocenters. The molecule has 0 aromatic heterocycles. The minimum absolute atomic E-state index is 0.525. The number of methoxy groups -OCH3 is 1. The lowest BCUT2D eigenvalue weighted by molar-refractivity contribution is 0.220. The predicted octanol–water partition coefficient (Wildman–Crippen LogP) is 4.32. The van der Waals surface area contributed by atoms with Crippen molar-refractivity contribution in [2.45, 2.75) is 6.10 Å². The number of nitrogens with zero attached hydrogens (tertiary/aromatic N) is 1. The number of nitriles is 1. The van der Waals surface area contributed by atoms with Crippen LogP contribution in [0.5, 0.6) is 5.75 Å². The van der Waals surface area contributed by atoms with Crippen LogP contribution in [0.2, 0.25) is 0 Å². The summed E-state index contributed by atoms with van der Waals surface area (Å²) >= 11 is 0. The van der Waals surface area contributed by atoms with Crippen LogP contribution in [0.1, 0.15) is 22.8 Å². The minimum Gasteiger partial charge on any atom is -0.497 e. The highest BCUT2D eigenvalue weighted by atomic mass is 16.5. The van der Waals surface area contributed by atoms with Crippen LogP contribution in [0.3, 0.4) is 0 Å². The second-order valence-corrected chi connectivity index (χ2v) is 5.46. The van der Waals surface area contributed by atoms with Crippen molar-refractivity contribution in [1.29, 1.82) is 5.26 Å². The Hall–Kier alpha value is -3.09. The fourth-order valence-electron chi connectivity index (χ4n) is 2.70. The third kappa shape index (κ3) is 3.15. The van der Waals surface area contributed by atoms with E-state index in [1.54, 1.807) is 19.2 Å². The molecule has 0 saturated carbocycles. The summed E-state index contributed by atoms with van der Waals surface area (Å²) in [6.45, 7) is 0. The summed E-state index contributed by atoms with van der Waals surface area (Å²) in [5, 5.41) is 20.1. The molecule has 1 unspecified atom stereocenters. The number of hydrogen-bond donors (Lipinski definition) is 1. The molecular weight excluding hydrogens is 298 g/mol. The maximum Gasteiger partial charge on any atom is 0.118 e. The number of ether oxygens (including phenoxy) is 1. The molecule has 0 heterocycles. The molecule has 0 aliphatic carbocycles. The van der Waals surface area contributed by atoms with E-state index in [4.69, 9.17) is 4.74 Å². The Morgan fingerprint density at radius 1 is 0.958 bits per heavy atom. The van der Waals surface area contributed by atoms with Crippen molar-refractivity contribution < 1.29 is 9.84 Å². The van der Waals surface area contributed by atoms with Crippen molar-refractivity contribution >= 4 is 0 Å². The highest BCUT2D eigenvalue weighted by molar-refractivity contribution is 5.69. The van der Waals surface area contributed by atoms with Crippen molar-refractivity contribution in [2.24, 2.45) is 0 Å². The van der Waals surface area contributed by atoms with Crippen LogP contribution in [0, 0.1) is 11.3 Å². The number of hydrogen-bond acceptors (Lipinski definition) is 3. The quantitative estimate of drug-likeness (QED) is 0.780. The molecule has 0 radical (unpaired) electrons. The van der Waals surface area contributed by atoms with E-state index in [2.05, 4.69) is 6.07 Å². The van der Waals surface area contributed by atoms with Gasteiger partial charge in [0.05, 0.1) is 18.7 Å². The number of rotatable bonds is 4. The molecule has 24 heavy (non-hydrogen) atoms. The van der Waals surface area contributed by atoms with E-state index in [1.807, 2.05) is 60.7 Å². The lowest BCUT2D eigenvalue weighted by Gasteiger charge is -2.17. The number of aliphatic hydroxyl groups excluding tert-OH is 1. The van der Waals surface area contributed by atoms with Crippen LogP contribution in [0.15, 0.2) is 72.8 Å². The Morgan fingerprint density at radius 2 is 1.67 bits per heavy atom. The Bertz CT molecular complexity index is 865. The molecule has 0 amide bonds. The predicted molar refractivity (Wildman–Crippen MR) is 93.6 cm³/mol. The molecule has 0 aliphatic rings. The summed E-state index contributed by atoms with van der Waals surface area (Å²) < 4.78 is 5.16.